The molecule has 2 rings (SSSR count). The number of aromatic hydroxyl groups is 1. The van der Waals surface area contributed by atoms with Crippen LogP contribution in [0.25, 0.3) is 0 Å². The van der Waals surface area contributed by atoms with Gasteiger partial charge >= 0.3 is 0 Å². The fourth-order valence-electron chi connectivity index (χ4n) is 1.47. The molecule has 82 valence electrons. The van der Waals surface area contributed by atoms with Crippen LogP contribution in [0, 0.1) is 0 Å². The molecule has 0 atom stereocenters. The Morgan fingerprint density at radius 3 is 2.25 bits per heavy atom. The second kappa shape index (κ2) is 5.21. The number of benzene rings is 2. The topological polar surface area (TPSA) is 29.5 Å². The molecule has 0 aromatic heterocycles. The van der Waals surface area contributed by atoms with Crippen molar-refractivity contribution in [2.45, 2.75) is 6.42 Å². The van der Waals surface area contributed by atoms with Gasteiger partial charge in [-0.2, -0.15) is 0 Å². The van der Waals surface area contributed by atoms with Gasteiger partial charge in [0, 0.05) is 6.42 Å². The Hall–Kier alpha value is -1.96. The van der Waals surface area contributed by atoms with Crippen molar-refractivity contribution in [1.82, 2.24) is 0 Å². The van der Waals surface area contributed by atoms with E-state index < -0.39 is 0 Å². The first-order valence-electron chi connectivity index (χ1n) is 5.30. The van der Waals surface area contributed by atoms with Gasteiger partial charge in [-0.3, -0.25) is 0 Å². The third-order valence-corrected chi connectivity index (χ3v) is 2.34. The number of phenols is 1. The van der Waals surface area contributed by atoms with Crippen LogP contribution in [-0.4, -0.2) is 11.7 Å². The summed E-state index contributed by atoms with van der Waals surface area (Å²) in [7, 11) is 0. The third kappa shape index (κ3) is 3.02. The average molecular weight is 214 g/mol. The molecule has 0 radical (unpaired) electrons. The van der Waals surface area contributed by atoms with Crippen LogP contribution in [0.5, 0.6) is 11.5 Å². The van der Waals surface area contributed by atoms with Crippen molar-refractivity contribution in [3.8, 4) is 11.5 Å². The predicted octanol–water partition coefficient (Wildman–Crippen LogP) is 3.01. The Kier molecular flexibility index (Phi) is 3.44. The molecule has 0 fully saturated rings. The van der Waals surface area contributed by atoms with Crippen molar-refractivity contribution in [1.29, 1.82) is 0 Å². The number of ether oxygens (including phenoxy) is 1. The zero-order valence-electron chi connectivity index (χ0n) is 8.97. The van der Waals surface area contributed by atoms with Crippen LogP contribution in [-0.2, 0) is 6.42 Å². The Morgan fingerprint density at radius 1 is 0.875 bits per heavy atom. The van der Waals surface area contributed by atoms with Gasteiger partial charge in [0.2, 0.25) is 0 Å². The molecule has 0 aliphatic heterocycles. The van der Waals surface area contributed by atoms with Crippen molar-refractivity contribution >= 4 is 0 Å². The first-order chi connectivity index (χ1) is 7.84. The van der Waals surface area contributed by atoms with Crippen LogP contribution in [0.3, 0.4) is 0 Å². The molecule has 2 aromatic rings. The van der Waals surface area contributed by atoms with Gasteiger partial charge in [-0.25, -0.2) is 0 Å². The second-order valence-corrected chi connectivity index (χ2v) is 3.58. The van der Waals surface area contributed by atoms with Gasteiger partial charge in [-0.05, 0) is 29.8 Å². The van der Waals surface area contributed by atoms with Gasteiger partial charge in [0.15, 0.2) is 0 Å². The molecule has 0 heterocycles. The van der Waals surface area contributed by atoms with Crippen molar-refractivity contribution in [3.05, 3.63) is 60.2 Å². The van der Waals surface area contributed by atoms with E-state index in [1.807, 2.05) is 42.5 Å². The minimum Gasteiger partial charge on any atom is -0.508 e. The lowest BCUT2D eigenvalue weighted by molar-refractivity contribution is 0.322. The van der Waals surface area contributed by atoms with Crippen LogP contribution in [0.4, 0.5) is 0 Å². The molecule has 0 unspecified atom stereocenters. The maximum absolute atomic E-state index is 9.13. The van der Waals surface area contributed by atoms with E-state index in [9.17, 15) is 0 Å². The molecule has 0 saturated heterocycles. The van der Waals surface area contributed by atoms with Gasteiger partial charge in [0.05, 0.1) is 6.61 Å². The molecule has 0 saturated carbocycles. The van der Waals surface area contributed by atoms with E-state index in [0.717, 1.165) is 17.7 Å². The van der Waals surface area contributed by atoms with E-state index >= 15 is 0 Å². The maximum atomic E-state index is 9.13. The highest BCUT2D eigenvalue weighted by molar-refractivity contribution is 5.26. The zero-order valence-corrected chi connectivity index (χ0v) is 8.97. The monoisotopic (exact) mass is 214 g/mol. The molecule has 0 aliphatic carbocycles. The normalized spacial score (nSPS) is 10.0. The number of phenolic OH excluding ortho intramolecular Hbond substituents is 1. The Morgan fingerprint density at radius 2 is 1.56 bits per heavy atom. The van der Waals surface area contributed by atoms with E-state index in [-0.39, 0.29) is 0 Å². The van der Waals surface area contributed by atoms with Gasteiger partial charge in [0.1, 0.15) is 11.5 Å². The third-order valence-electron chi connectivity index (χ3n) is 2.34. The first-order valence-corrected chi connectivity index (χ1v) is 5.30. The van der Waals surface area contributed by atoms with Crippen LogP contribution in [0.2, 0.25) is 0 Å². The lowest BCUT2D eigenvalue weighted by Crippen LogP contribution is -2.00. The highest BCUT2D eigenvalue weighted by atomic mass is 16.5. The zero-order chi connectivity index (χ0) is 11.2. The van der Waals surface area contributed by atoms with E-state index in [1.165, 1.54) is 0 Å². The van der Waals surface area contributed by atoms with E-state index in [2.05, 4.69) is 0 Å². The summed E-state index contributed by atoms with van der Waals surface area (Å²) in [6.45, 7) is 0.648. The molecule has 16 heavy (non-hydrogen) atoms. The summed E-state index contributed by atoms with van der Waals surface area (Å²) in [5.41, 5.74) is 1.16. The summed E-state index contributed by atoms with van der Waals surface area (Å²) < 4.78 is 5.58. The molecule has 1 N–H and O–H groups in total. The number of hydrogen-bond acceptors (Lipinski definition) is 2. The van der Waals surface area contributed by atoms with Crippen molar-refractivity contribution < 1.29 is 9.84 Å². The molecule has 2 heteroatoms. The van der Waals surface area contributed by atoms with Crippen molar-refractivity contribution in [2.24, 2.45) is 0 Å². The van der Waals surface area contributed by atoms with Crippen LogP contribution >= 0.6 is 0 Å². The lowest BCUT2D eigenvalue weighted by Gasteiger charge is -2.05. The SMILES string of the molecule is Oc1ccc(CCOc2ccccc2)cc1. The van der Waals surface area contributed by atoms with Gasteiger partial charge < -0.3 is 9.84 Å². The van der Waals surface area contributed by atoms with Crippen molar-refractivity contribution in [3.63, 3.8) is 0 Å². The minimum atomic E-state index is 0.299. The summed E-state index contributed by atoms with van der Waals surface area (Å²) in [5.74, 6) is 1.19. The Balaban J connectivity index is 1.82. The molecular weight excluding hydrogens is 200 g/mol. The van der Waals surface area contributed by atoms with E-state index in [0.29, 0.717) is 12.4 Å². The fourth-order valence-corrected chi connectivity index (χ4v) is 1.47. The summed E-state index contributed by atoms with van der Waals surface area (Å²) >= 11 is 0. The maximum Gasteiger partial charge on any atom is 0.119 e. The van der Waals surface area contributed by atoms with Gasteiger partial charge in [0.25, 0.3) is 0 Å². The molecule has 0 amide bonds. The first kappa shape index (κ1) is 10.6. The average Bonchev–Trinajstić information content (AvgIpc) is 2.33. The van der Waals surface area contributed by atoms with Gasteiger partial charge in [-0.15, -0.1) is 0 Å². The van der Waals surface area contributed by atoms with E-state index in [4.69, 9.17) is 9.84 Å². The lowest BCUT2D eigenvalue weighted by atomic mass is 10.1. The van der Waals surface area contributed by atoms with Crippen LogP contribution < -0.4 is 4.74 Å². The van der Waals surface area contributed by atoms with Gasteiger partial charge in [-0.1, -0.05) is 30.3 Å². The largest absolute Gasteiger partial charge is 0.508 e. The van der Waals surface area contributed by atoms with Crippen molar-refractivity contribution in [2.75, 3.05) is 6.61 Å². The quantitative estimate of drug-likeness (QED) is 0.847. The summed E-state index contributed by atoms with van der Waals surface area (Å²) in [6.07, 6.45) is 0.842. The minimum absolute atomic E-state index is 0.299. The Bertz CT molecular complexity index is 420. The molecule has 2 nitrogen and oxygen atoms in total. The van der Waals surface area contributed by atoms with Crippen LogP contribution in [0.15, 0.2) is 54.6 Å². The number of rotatable bonds is 4. The predicted molar refractivity (Wildman–Crippen MR) is 63.7 cm³/mol. The highest BCUT2D eigenvalue weighted by Crippen LogP contribution is 2.12. The van der Waals surface area contributed by atoms with E-state index in [1.54, 1.807) is 12.1 Å². The highest BCUT2D eigenvalue weighted by Gasteiger charge is 1.95. The summed E-state index contributed by atoms with van der Waals surface area (Å²) in [6, 6.07) is 17.0. The molecule has 0 aliphatic rings. The summed E-state index contributed by atoms with van der Waals surface area (Å²) in [4.78, 5) is 0. The molecule has 2 aromatic carbocycles. The smallest absolute Gasteiger partial charge is 0.119 e. The molecular formula is C14H14O2. The molecule has 0 spiro atoms. The van der Waals surface area contributed by atoms with Crippen LogP contribution in [0.1, 0.15) is 5.56 Å². The summed E-state index contributed by atoms with van der Waals surface area (Å²) in [5, 5.41) is 9.13. The Labute approximate surface area is 95.1 Å². The molecule has 0 bridgehead atoms. The number of para-hydroxylation sites is 1. The number of hydrogen-bond donors (Lipinski definition) is 1. The standard InChI is InChI=1S/C14H14O2/c15-13-8-6-12(7-9-13)10-11-16-14-4-2-1-3-5-14/h1-9,15H,10-11H2. The fraction of sp³-hybridized carbons (Fsp3) is 0.143. The second-order valence-electron chi connectivity index (χ2n) is 3.58.